The number of hydrogen-bond donors (Lipinski definition) is 2. The van der Waals surface area contributed by atoms with Gasteiger partial charge in [0.2, 0.25) is 0 Å². The predicted octanol–water partition coefficient (Wildman–Crippen LogP) is 6.03. The topological polar surface area (TPSA) is 123 Å². The normalized spacial score (nSPS) is 23.6. The van der Waals surface area contributed by atoms with Gasteiger partial charge in [0.25, 0.3) is 0 Å². The molecule has 0 bridgehead atoms. The first-order valence-corrected chi connectivity index (χ1v) is 18.1. The Labute approximate surface area is 294 Å². The minimum Gasteiger partial charge on any atom is -0.459 e. The Morgan fingerprint density at radius 3 is 2.38 bits per heavy atom. The fourth-order valence-electron chi connectivity index (χ4n) is 8.83. The number of hydrogen-bond acceptors (Lipinski definition) is 9. The van der Waals surface area contributed by atoms with Gasteiger partial charge in [0, 0.05) is 30.6 Å². The van der Waals surface area contributed by atoms with E-state index in [2.05, 4.69) is 13.0 Å². The Hall–Kier alpha value is -4.21. The summed E-state index contributed by atoms with van der Waals surface area (Å²) in [5, 5.41) is 18.5. The van der Waals surface area contributed by atoms with Crippen molar-refractivity contribution in [3.05, 3.63) is 95.1 Å². The number of carbonyl (C=O) groups excluding carboxylic acids is 3. The zero-order valence-electron chi connectivity index (χ0n) is 28.9. The lowest BCUT2D eigenvalue weighted by Crippen LogP contribution is -2.45. The summed E-state index contributed by atoms with van der Waals surface area (Å²) in [7, 11) is 0. The number of aliphatic hydroxyl groups is 2. The lowest BCUT2D eigenvalue weighted by Gasteiger charge is -2.50. The molecule has 0 unspecified atom stereocenters. The summed E-state index contributed by atoms with van der Waals surface area (Å²) in [5.41, 5.74) is 5.04. The van der Waals surface area contributed by atoms with Crippen LogP contribution in [0.25, 0.3) is 0 Å². The Balaban J connectivity index is 0.952. The Bertz CT molecular complexity index is 1620. The number of carbonyl (C=O) groups is 3. The molecule has 9 heteroatoms. The van der Waals surface area contributed by atoms with Gasteiger partial charge in [-0.05, 0) is 122 Å². The monoisotopic (exact) mass is 683 g/mol. The number of rotatable bonds is 14. The minimum absolute atomic E-state index is 0.00839. The first-order chi connectivity index (χ1) is 24.3. The predicted molar refractivity (Wildman–Crippen MR) is 189 cm³/mol. The van der Waals surface area contributed by atoms with Crippen molar-refractivity contribution in [1.29, 1.82) is 0 Å². The zero-order valence-corrected chi connectivity index (χ0v) is 28.9. The van der Waals surface area contributed by atoms with Gasteiger partial charge >= 0.3 is 17.9 Å². The van der Waals surface area contributed by atoms with Crippen molar-refractivity contribution in [3.63, 3.8) is 0 Å². The van der Waals surface area contributed by atoms with Crippen LogP contribution in [0.4, 0.5) is 5.69 Å². The molecule has 3 aromatic carbocycles. The summed E-state index contributed by atoms with van der Waals surface area (Å²) >= 11 is 0. The van der Waals surface area contributed by atoms with Crippen LogP contribution < -0.4 is 9.64 Å². The third-order valence-corrected chi connectivity index (χ3v) is 11.3. The van der Waals surface area contributed by atoms with Gasteiger partial charge in [-0.3, -0.25) is 4.79 Å². The summed E-state index contributed by atoms with van der Waals surface area (Å²) in [4.78, 5) is 39.8. The number of anilines is 1. The van der Waals surface area contributed by atoms with Gasteiger partial charge in [0.1, 0.15) is 11.9 Å². The molecule has 6 rings (SSSR count). The van der Waals surface area contributed by atoms with Crippen LogP contribution in [0.5, 0.6) is 5.75 Å². The van der Waals surface area contributed by atoms with Crippen LogP contribution in [0, 0.1) is 17.3 Å². The summed E-state index contributed by atoms with van der Waals surface area (Å²) in [6, 6.07) is 23.0. The average molecular weight is 684 g/mol. The molecule has 3 aliphatic carbocycles. The smallest absolute Gasteiger partial charge is 0.344 e. The van der Waals surface area contributed by atoms with E-state index in [1.54, 1.807) is 12.1 Å². The zero-order chi connectivity index (χ0) is 35.1. The lowest BCUT2D eigenvalue weighted by atomic mass is 9.55. The SMILES string of the molecule is C[C@]12CC[C@@H]3c4ccc(OC(=O)c5ccccc5)cc4CC[C@H]3[C@@H]1CC[C@@H]2OC(=O)COC(=O)CCCc1ccc(N(CCO)CCO)cc1. The number of ether oxygens (including phenoxy) is 3. The molecule has 9 nitrogen and oxygen atoms in total. The van der Waals surface area contributed by atoms with Crippen molar-refractivity contribution in [2.24, 2.45) is 17.3 Å². The van der Waals surface area contributed by atoms with E-state index in [4.69, 9.17) is 14.2 Å². The molecule has 0 saturated heterocycles. The maximum absolute atomic E-state index is 12.9. The minimum atomic E-state index is -0.482. The van der Waals surface area contributed by atoms with Crippen molar-refractivity contribution >= 4 is 23.6 Å². The molecule has 0 heterocycles. The standard InChI is InChI=1S/C41H49NO8/c1-41-21-20-34-33-17-15-32(49-40(47)29-7-3-2-4-8-29)26-30(33)12-16-35(34)36(41)18-19-37(41)50-39(46)27-48-38(45)9-5-6-28-10-13-31(14-11-28)42(22-24-43)23-25-44/h2-4,7-8,10-11,13-15,17,26,34-37,43-44H,5-6,9,12,16,18-25,27H2,1H3/t34-,35-,36+,37+,41+/m1/s1. The fourth-order valence-corrected chi connectivity index (χ4v) is 8.83. The summed E-state index contributed by atoms with van der Waals surface area (Å²) in [6.45, 7) is 2.82. The third kappa shape index (κ3) is 8.05. The summed E-state index contributed by atoms with van der Waals surface area (Å²) in [6.07, 6.45) is 7.11. The van der Waals surface area contributed by atoms with E-state index in [0.29, 0.717) is 55.0 Å². The lowest BCUT2D eigenvalue weighted by molar-refractivity contribution is -0.168. The van der Waals surface area contributed by atoms with E-state index in [-0.39, 0.29) is 43.7 Å². The Morgan fingerprint density at radius 2 is 1.64 bits per heavy atom. The highest BCUT2D eigenvalue weighted by Gasteiger charge is 2.56. The van der Waals surface area contributed by atoms with E-state index in [1.165, 1.54) is 11.1 Å². The van der Waals surface area contributed by atoms with Gasteiger partial charge in [0.15, 0.2) is 6.61 Å². The van der Waals surface area contributed by atoms with Crippen LogP contribution in [-0.2, 0) is 31.9 Å². The van der Waals surface area contributed by atoms with Crippen LogP contribution in [0.15, 0.2) is 72.8 Å². The van der Waals surface area contributed by atoms with Gasteiger partial charge in [-0.15, -0.1) is 0 Å². The van der Waals surface area contributed by atoms with Crippen molar-refractivity contribution in [3.8, 4) is 5.75 Å². The highest BCUT2D eigenvalue weighted by atomic mass is 16.6. The van der Waals surface area contributed by atoms with Crippen LogP contribution in [-0.4, -0.2) is 67.1 Å². The van der Waals surface area contributed by atoms with Crippen molar-refractivity contribution < 1.29 is 38.8 Å². The van der Waals surface area contributed by atoms with E-state index >= 15 is 0 Å². The molecule has 2 N–H and O–H groups in total. The quantitative estimate of drug-likeness (QED) is 0.155. The van der Waals surface area contributed by atoms with Crippen LogP contribution >= 0.6 is 0 Å². The Morgan fingerprint density at radius 1 is 0.880 bits per heavy atom. The average Bonchev–Trinajstić information content (AvgIpc) is 3.46. The number of nitrogens with zero attached hydrogens (tertiary/aromatic N) is 1. The molecule has 0 radical (unpaired) electrons. The van der Waals surface area contributed by atoms with Crippen molar-refractivity contribution in [2.75, 3.05) is 37.8 Å². The fraction of sp³-hybridized carbons (Fsp3) is 0.488. The molecule has 2 fully saturated rings. The van der Waals surface area contributed by atoms with Gasteiger partial charge in [0.05, 0.1) is 18.8 Å². The highest BCUT2D eigenvalue weighted by Crippen LogP contribution is 2.61. The molecule has 0 amide bonds. The maximum atomic E-state index is 12.9. The number of esters is 3. The Kier molecular flexibility index (Phi) is 11.5. The van der Waals surface area contributed by atoms with Crippen LogP contribution in [0.2, 0.25) is 0 Å². The van der Waals surface area contributed by atoms with Crippen molar-refractivity contribution in [1.82, 2.24) is 0 Å². The second-order valence-corrected chi connectivity index (χ2v) is 14.2. The summed E-state index contributed by atoms with van der Waals surface area (Å²) < 4.78 is 17.0. The molecule has 5 atom stereocenters. The molecule has 2 saturated carbocycles. The van der Waals surface area contributed by atoms with Gasteiger partial charge in [-0.1, -0.05) is 43.3 Å². The van der Waals surface area contributed by atoms with Crippen LogP contribution in [0.3, 0.4) is 0 Å². The molecule has 0 aromatic heterocycles. The second kappa shape index (κ2) is 16.2. The summed E-state index contributed by atoms with van der Waals surface area (Å²) in [5.74, 6) is 0.739. The van der Waals surface area contributed by atoms with Gasteiger partial charge in [-0.25, -0.2) is 9.59 Å². The highest BCUT2D eigenvalue weighted by molar-refractivity contribution is 5.91. The molecular weight excluding hydrogens is 634 g/mol. The molecule has 3 aromatic rings. The van der Waals surface area contributed by atoms with Crippen LogP contribution in [0.1, 0.15) is 84.8 Å². The third-order valence-electron chi connectivity index (χ3n) is 11.3. The molecule has 266 valence electrons. The molecule has 50 heavy (non-hydrogen) atoms. The van der Waals surface area contributed by atoms with E-state index in [1.807, 2.05) is 59.5 Å². The van der Waals surface area contributed by atoms with E-state index in [0.717, 1.165) is 49.8 Å². The van der Waals surface area contributed by atoms with Gasteiger partial charge in [-0.2, -0.15) is 0 Å². The van der Waals surface area contributed by atoms with E-state index in [9.17, 15) is 24.6 Å². The maximum Gasteiger partial charge on any atom is 0.344 e. The van der Waals surface area contributed by atoms with E-state index < -0.39 is 11.9 Å². The molecule has 0 aliphatic heterocycles. The number of aryl methyl sites for hydroxylation is 2. The molecule has 0 spiro atoms. The number of aliphatic hydroxyl groups excluding tert-OH is 2. The van der Waals surface area contributed by atoms with Crippen molar-refractivity contribution in [2.45, 2.75) is 76.7 Å². The number of fused-ring (bicyclic) bond motifs is 5. The second-order valence-electron chi connectivity index (χ2n) is 14.2. The molecular formula is C41H49NO8. The van der Waals surface area contributed by atoms with Gasteiger partial charge < -0.3 is 29.3 Å². The number of benzene rings is 3. The molecule has 3 aliphatic rings. The first-order valence-electron chi connectivity index (χ1n) is 18.1. The largest absolute Gasteiger partial charge is 0.459 e. The first kappa shape index (κ1) is 35.6.